The van der Waals surface area contributed by atoms with Crippen LogP contribution in [-0.4, -0.2) is 29.5 Å². The highest BCUT2D eigenvalue weighted by Gasteiger charge is 2.26. The van der Waals surface area contributed by atoms with Crippen LogP contribution in [0.5, 0.6) is 5.75 Å². The molecule has 26 heavy (non-hydrogen) atoms. The van der Waals surface area contributed by atoms with Crippen molar-refractivity contribution in [3.05, 3.63) is 53.6 Å². The Bertz CT molecular complexity index is 864. The van der Waals surface area contributed by atoms with Gasteiger partial charge in [0.2, 0.25) is 5.91 Å². The van der Waals surface area contributed by atoms with Gasteiger partial charge in [-0.15, -0.1) is 0 Å². The number of hydrogen-bond donors (Lipinski definition) is 3. The summed E-state index contributed by atoms with van der Waals surface area (Å²) in [6.45, 7) is 1.61. The molecular formula is C18H17N3O5. The molecule has 8 nitrogen and oxygen atoms in total. The maximum Gasteiger partial charge on any atom is 0.274 e. The second-order valence-electron chi connectivity index (χ2n) is 5.77. The van der Waals surface area contributed by atoms with Gasteiger partial charge in [-0.2, -0.15) is 0 Å². The molecule has 3 amide bonds. The van der Waals surface area contributed by atoms with Gasteiger partial charge in [0.05, 0.1) is 12.2 Å². The lowest BCUT2D eigenvalue weighted by atomic mass is 10.1. The molecule has 8 heteroatoms. The van der Waals surface area contributed by atoms with E-state index < -0.39 is 5.91 Å². The summed E-state index contributed by atoms with van der Waals surface area (Å²) < 4.78 is 5.40. The minimum atomic E-state index is -0.676. The van der Waals surface area contributed by atoms with Crippen LogP contribution in [0.2, 0.25) is 0 Å². The van der Waals surface area contributed by atoms with Gasteiger partial charge in [-0.3, -0.25) is 19.6 Å². The quantitative estimate of drug-likeness (QED) is 0.571. The van der Waals surface area contributed by atoms with Crippen molar-refractivity contribution >= 4 is 29.1 Å². The lowest BCUT2D eigenvalue weighted by Gasteiger charge is -2.29. The highest BCUT2D eigenvalue weighted by molar-refractivity contribution is 6.01. The zero-order chi connectivity index (χ0) is 18.7. The first-order chi connectivity index (χ1) is 12.5. The van der Waals surface area contributed by atoms with E-state index >= 15 is 0 Å². The summed E-state index contributed by atoms with van der Waals surface area (Å²) >= 11 is 0. The van der Waals surface area contributed by atoms with Crippen molar-refractivity contribution in [3.63, 3.8) is 0 Å². The third kappa shape index (κ3) is 3.65. The van der Waals surface area contributed by atoms with E-state index in [0.29, 0.717) is 17.1 Å². The van der Waals surface area contributed by atoms with Gasteiger partial charge in [0.15, 0.2) is 6.61 Å². The predicted octanol–water partition coefficient (Wildman–Crippen LogP) is 1.69. The van der Waals surface area contributed by atoms with Gasteiger partial charge in [-0.25, -0.2) is 5.48 Å². The van der Waals surface area contributed by atoms with Gasteiger partial charge in [0.25, 0.3) is 11.8 Å². The molecule has 0 saturated heterocycles. The molecule has 0 spiro atoms. The maximum atomic E-state index is 12.3. The molecule has 0 radical (unpaired) electrons. The summed E-state index contributed by atoms with van der Waals surface area (Å²) in [6, 6.07) is 11.7. The van der Waals surface area contributed by atoms with Crippen LogP contribution >= 0.6 is 0 Å². The molecule has 0 aliphatic carbocycles. The van der Waals surface area contributed by atoms with Crippen molar-refractivity contribution in [2.75, 3.05) is 16.8 Å². The van der Waals surface area contributed by atoms with Gasteiger partial charge in [0, 0.05) is 18.2 Å². The Morgan fingerprint density at radius 3 is 2.58 bits per heavy atom. The molecule has 1 aliphatic rings. The summed E-state index contributed by atoms with van der Waals surface area (Å²) in [5.41, 5.74) is 3.73. The molecule has 1 heterocycles. The van der Waals surface area contributed by atoms with E-state index in [-0.39, 0.29) is 30.5 Å². The number of carbonyl (C=O) groups excluding carboxylic acids is 3. The van der Waals surface area contributed by atoms with Crippen molar-refractivity contribution < 1.29 is 24.3 Å². The van der Waals surface area contributed by atoms with E-state index in [2.05, 4.69) is 5.32 Å². The molecule has 0 fully saturated rings. The fourth-order valence-electron chi connectivity index (χ4n) is 2.66. The Kier molecular flexibility index (Phi) is 4.85. The summed E-state index contributed by atoms with van der Waals surface area (Å²) in [6.07, 6.45) is 0. The number of amides is 3. The highest BCUT2D eigenvalue weighted by Crippen LogP contribution is 2.34. The van der Waals surface area contributed by atoms with Crippen LogP contribution in [0.15, 0.2) is 42.5 Å². The number of hydrogen-bond acceptors (Lipinski definition) is 5. The molecule has 1 aliphatic heterocycles. The summed E-state index contributed by atoms with van der Waals surface area (Å²) in [5.74, 6) is -0.603. The largest absolute Gasteiger partial charge is 0.482 e. The number of ether oxygens (including phenoxy) is 1. The number of carbonyl (C=O) groups is 3. The number of benzene rings is 2. The van der Waals surface area contributed by atoms with Crippen molar-refractivity contribution in [2.24, 2.45) is 0 Å². The highest BCUT2D eigenvalue weighted by atomic mass is 16.5. The normalized spacial score (nSPS) is 12.8. The van der Waals surface area contributed by atoms with Crippen LogP contribution in [0.25, 0.3) is 0 Å². The first kappa shape index (κ1) is 17.4. The molecule has 0 bridgehead atoms. The van der Waals surface area contributed by atoms with Crippen molar-refractivity contribution in [1.29, 1.82) is 0 Å². The third-order valence-corrected chi connectivity index (χ3v) is 3.88. The lowest BCUT2D eigenvalue weighted by molar-refractivity contribution is -0.121. The number of anilines is 2. The van der Waals surface area contributed by atoms with Gasteiger partial charge in [0.1, 0.15) is 5.75 Å². The maximum absolute atomic E-state index is 12.3. The molecule has 2 aromatic rings. The molecule has 0 saturated carbocycles. The van der Waals surface area contributed by atoms with Crippen LogP contribution in [0, 0.1) is 0 Å². The second-order valence-corrected chi connectivity index (χ2v) is 5.77. The zero-order valence-corrected chi connectivity index (χ0v) is 14.0. The molecule has 134 valence electrons. The van der Waals surface area contributed by atoms with Crippen LogP contribution in [-0.2, 0) is 16.1 Å². The fraction of sp³-hybridized carbons (Fsp3) is 0.167. The van der Waals surface area contributed by atoms with Gasteiger partial charge in [-0.05, 0) is 35.9 Å². The van der Waals surface area contributed by atoms with Crippen LogP contribution < -0.4 is 20.4 Å². The fourth-order valence-corrected chi connectivity index (χ4v) is 2.66. The smallest absolute Gasteiger partial charge is 0.274 e. The minimum absolute atomic E-state index is 0.0947. The topological polar surface area (TPSA) is 108 Å². The van der Waals surface area contributed by atoms with Crippen LogP contribution in [0.1, 0.15) is 22.8 Å². The predicted molar refractivity (Wildman–Crippen MR) is 93.1 cm³/mol. The number of nitrogens with one attached hydrogen (secondary N) is 2. The molecular weight excluding hydrogens is 338 g/mol. The summed E-state index contributed by atoms with van der Waals surface area (Å²) in [7, 11) is 0. The van der Waals surface area contributed by atoms with E-state index in [0.717, 1.165) is 5.56 Å². The average Bonchev–Trinajstić information content (AvgIpc) is 2.64. The molecule has 3 N–H and O–H groups in total. The van der Waals surface area contributed by atoms with E-state index in [4.69, 9.17) is 9.94 Å². The van der Waals surface area contributed by atoms with Gasteiger partial charge < -0.3 is 15.0 Å². The Balaban J connectivity index is 1.87. The average molecular weight is 355 g/mol. The van der Waals surface area contributed by atoms with E-state index in [1.807, 2.05) is 0 Å². The Labute approximate surface area is 149 Å². The minimum Gasteiger partial charge on any atom is -0.482 e. The Hall–Kier alpha value is -3.39. The molecule has 0 aromatic heterocycles. The van der Waals surface area contributed by atoms with Crippen molar-refractivity contribution in [3.8, 4) is 5.75 Å². The number of nitrogens with zero attached hydrogens (tertiary/aromatic N) is 1. The van der Waals surface area contributed by atoms with Crippen molar-refractivity contribution in [1.82, 2.24) is 5.48 Å². The Morgan fingerprint density at radius 2 is 1.92 bits per heavy atom. The zero-order valence-electron chi connectivity index (χ0n) is 14.0. The Morgan fingerprint density at radius 1 is 1.19 bits per heavy atom. The third-order valence-electron chi connectivity index (χ3n) is 3.88. The van der Waals surface area contributed by atoms with Gasteiger partial charge >= 0.3 is 0 Å². The monoisotopic (exact) mass is 355 g/mol. The van der Waals surface area contributed by atoms with E-state index in [9.17, 15) is 14.4 Å². The SMILES string of the molecule is CC(=O)Nc1ccc(CN2C(=O)COc3ccc(C(=O)NO)cc32)cc1. The summed E-state index contributed by atoms with van der Waals surface area (Å²) in [4.78, 5) is 36.5. The first-order valence-electron chi connectivity index (χ1n) is 7.86. The molecule has 0 unspecified atom stereocenters. The first-order valence-corrected chi connectivity index (χ1v) is 7.86. The lowest BCUT2D eigenvalue weighted by Crippen LogP contribution is -2.38. The second kappa shape index (κ2) is 7.24. The molecule has 0 atom stereocenters. The standard InChI is InChI=1S/C18H17N3O5/c1-11(22)19-14-5-2-12(3-6-14)9-21-15-8-13(18(24)20-25)4-7-16(15)26-10-17(21)23/h2-8,25H,9-10H2,1H3,(H,19,22)(H,20,24). The number of rotatable bonds is 4. The van der Waals surface area contributed by atoms with Crippen LogP contribution in [0.4, 0.5) is 11.4 Å². The summed E-state index contributed by atoms with van der Waals surface area (Å²) in [5, 5.41) is 11.5. The van der Waals surface area contributed by atoms with Crippen LogP contribution in [0.3, 0.4) is 0 Å². The van der Waals surface area contributed by atoms with Gasteiger partial charge in [-0.1, -0.05) is 12.1 Å². The molecule has 2 aromatic carbocycles. The molecule has 3 rings (SSSR count). The van der Waals surface area contributed by atoms with Crippen molar-refractivity contribution in [2.45, 2.75) is 13.5 Å². The number of hydroxylamine groups is 1. The van der Waals surface area contributed by atoms with E-state index in [1.165, 1.54) is 24.0 Å². The van der Waals surface area contributed by atoms with E-state index in [1.54, 1.807) is 35.8 Å². The number of fused-ring (bicyclic) bond motifs is 1.